The maximum absolute atomic E-state index is 10.7. The van der Waals surface area contributed by atoms with Gasteiger partial charge in [-0.25, -0.2) is 0 Å². The van der Waals surface area contributed by atoms with Gasteiger partial charge >= 0.3 is 5.97 Å². The Morgan fingerprint density at radius 1 is 1.35 bits per heavy atom. The Bertz CT molecular complexity index is 365. The predicted molar refractivity (Wildman–Crippen MR) is 69.4 cm³/mol. The number of aliphatic carboxylic acids is 1. The summed E-state index contributed by atoms with van der Waals surface area (Å²) in [6, 6.07) is 10.7. The first-order valence-electron chi connectivity index (χ1n) is 5.89. The number of benzene rings is 1. The highest BCUT2D eigenvalue weighted by Crippen LogP contribution is 2.27. The number of carboxylic acids is 1. The minimum absolute atomic E-state index is 0.181. The molecule has 0 saturated heterocycles. The third kappa shape index (κ3) is 4.40. The van der Waals surface area contributed by atoms with Gasteiger partial charge in [0.2, 0.25) is 0 Å². The minimum Gasteiger partial charge on any atom is -0.480 e. The molecule has 1 fully saturated rings. The van der Waals surface area contributed by atoms with Crippen LogP contribution < -0.4 is 0 Å². The molecule has 0 heterocycles. The lowest BCUT2D eigenvalue weighted by molar-refractivity contribution is -0.138. The smallest absolute Gasteiger partial charge is 0.317 e. The van der Waals surface area contributed by atoms with Crippen LogP contribution in [0.3, 0.4) is 0 Å². The van der Waals surface area contributed by atoms with Crippen LogP contribution in [0.25, 0.3) is 0 Å². The van der Waals surface area contributed by atoms with E-state index in [4.69, 9.17) is 5.11 Å². The topological polar surface area (TPSA) is 40.5 Å². The van der Waals surface area contributed by atoms with Crippen molar-refractivity contribution in [1.82, 2.24) is 4.90 Å². The van der Waals surface area contributed by atoms with Crippen molar-refractivity contribution in [1.29, 1.82) is 0 Å². The molecule has 1 aliphatic rings. The van der Waals surface area contributed by atoms with Gasteiger partial charge in [-0.1, -0.05) is 18.2 Å². The van der Waals surface area contributed by atoms with E-state index in [2.05, 4.69) is 17.0 Å². The molecule has 1 N–H and O–H groups in total. The summed E-state index contributed by atoms with van der Waals surface area (Å²) in [6.45, 7) is 1.04. The zero-order chi connectivity index (χ0) is 12.1. The molecule has 0 radical (unpaired) electrons. The second-order valence-corrected chi connectivity index (χ2v) is 5.43. The summed E-state index contributed by atoms with van der Waals surface area (Å²) in [6.07, 6.45) is 2.31. The van der Waals surface area contributed by atoms with Gasteiger partial charge in [0.15, 0.2) is 0 Å². The van der Waals surface area contributed by atoms with Crippen LogP contribution in [0, 0.1) is 0 Å². The van der Waals surface area contributed by atoms with E-state index in [9.17, 15) is 4.79 Å². The first-order valence-corrected chi connectivity index (χ1v) is 6.88. The van der Waals surface area contributed by atoms with E-state index in [1.165, 1.54) is 4.90 Å². The monoisotopic (exact) mass is 251 g/mol. The van der Waals surface area contributed by atoms with Gasteiger partial charge in [0.1, 0.15) is 0 Å². The summed E-state index contributed by atoms with van der Waals surface area (Å²) in [7, 11) is 0. The highest BCUT2D eigenvalue weighted by molar-refractivity contribution is 7.99. The van der Waals surface area contributed by atoms with Crippen molar-refractivity contribution in [3.8, 4) is 0 Å². The van der Waals surface area contributed by atoms with E-state index in [-0.39, 0.29) is 6.54 Å². The third-order valence-corrected chi connectivity index (χ3v) is 3.78. The maximum Gasteiger partial charge on any atom is 0.317 e. The molecule has 1 saturated carbocycles. The van der Waals surface area contributed by atoms with Crippen LogP contribution in [0.4, 0.5) is 0 Å². The second kappa shape index (κ2) is 6.07. The van der Waals surface area contributed by atoms with Gasteiger partial charge < -0.3 is 5.11 Å². The molecule has 0 aliphatic heterocycles. The SMILES string of the molecule is O=C(O)CN(CCSc1ccccc1)C1CC1. The van der Waals surface area contributed by atoms with Gasteiger partial charge in [-0.15, -0.1) is 11.8 Å². The molecule has 1 aliphatic carbocycles. The van der Waals surface area contributed by atoms with Gasteiger partial charge in [-0.2, -0.15) is 0 Å². The molecule has 1 aromatic rings. The third-order valence-electron chi connectivity index (χ3n) is 2.79. The lowest BCUT2D eigenvalue weighted by atomic mass is 10.4. The number of hydrogen-bond donors (Lipinski definition) is 1. The molecule has 0 atom stereocenters. The Kier molecular flexibility index (Phi) is 4.45. The number of rotatable bonds is 7. The molecular formula is C13H17NO2S. The van der Waals surface area contributed by atoms with Gasteiger partial charge in [-0.05, 0) is 25.0 Å². The van der Waals surface area contributed by atoms with Gasteiger partial charge in [-0.3, -0.25) is 9.69 Å². The van der Waals surface area contributed by atoms with Crippen LogP contribution in [0.15, 0.2) is 35.2 Å². The fourth-order valence-electron chi connectivity index (χ4n) is 1.80. The molecule has 1 aromatic carbocycles. The summed E-state index contributed by atoms with van der Waals surface area (Å²) in [5.74, 6) is 0.231. The standard InChI is InChI=1S/C13H17NO2S/c15-13(16)10-14(11-6-7-11)8-9-17-12-4-2-1-3-5-12/h1-5,11H,6-10H2,(H,15,16). The fourth-order valence-corrected chi connectivity index (χ4v) is 2.71. The lowest BCUT2D eigenvalue weighted by Crippen LogP contribution is -2.33. The molecule has 17 heavy (non-hydrogen) atoms. The van der Waals surface area contributed by atoms with Crippen LogP contribution in [0.5, 0.6) is 0 Å². The Balaban J connectivity index is 1.74. The van der Waals surface area contributed by atoms with Crippen LogP contribution >= 0.6 is 11.8 Å². The maximum atomic E-state index is 10.7. The second-order valence-electron chi connectivity index (χ2n) is 4.26. The highest BCUT2D eigenvalue weighted by atomic mass is 32.2. The van der Waals surface area contributed by atoms with E-state index >= 15 is 0 Å². The van der Waals surface area contributed by atoms with Crippen LogP contribution in [-0.4, -0.2) is 40.9 Å². The number of thioether (sulfide) groups is 1. The lowest BCUT2D eigenvalue weighted by Gasteiger charge is -2.19. The molecule has 0 amide bonds. The summed E-state index contributed by atoms with van der Waals surface area (Å²) >= 11 is 1.79. The molecule has 4 heteroatoms. The first-order chi connectivity index (χ1) is 8.25. The van der Waals surface area contributed by atoms with Crippen molar-refractivity contribution in [2.45, 2.75) is 23.8 Å². The van der Waals surface area contributed by atoms with Crippen molar-refractivity contribution in [2.75, 3.05) is 18.8 Å². The number of carbonyl (C=O) groups is 1. The number of carboxylic acid groups (broad SMARTS) is 1. The van der Waals surface area contributed by atoms with Crippen molar-refractivity contribution in [2.24, 2.45) is 0 Å². The minimum atomic E-state index is -0.721. The van der Waals surface area contributed by atoms with Crippen LogP contribution in [-0.2, 0) is 4.79 Å². The van der Waals surface area contributed by atoms with Gasteiger partial charge in [0.05, 0.1) is 6.54 Å². The quantitative estimate of drug-likeness (QED) is 0.755. The molecule has 92 valence electrons. The summed E-state index contributed by atoms with van der Waals surface area (Å²) in [4.78, 5) is 14.1. The average Bonchev–Trinajstić information content (AvgIpc) is 3.12. The van der Waals surface area contributed by atoms with E-state index in [0.717, 1.165) is 25.1 Å². The number of hydrogen-bond acceptors (Lipinski definition) is 3. The molecule has 0 bridgehead atoms. The summed E-state index contributed by atoms with van der Waals surface area (Å²) < 4.78 is 0. The fraction of sp³-hybridized carbons (Fsp3) is 0.462. The molecule has 0 unspecified atom stereocenters. The van der Waals surface area contributed by atoms with Crippen molar-refractivity contribution in [3.63, 3.8) is 0 Å². The van der Waals surface area contributed by atoms with Gasteiger partial charge in [0.25, 0.3) is 0 Å². The molecule has 2 rings (SSSR count). The summed E-state index contributed by atoms with van der Waals surface area (Å²) in [5, 5.41) is 8.83. The largest absolute Gasteiger partial charge is 0.480 e. The summed E-state index contributed by atoms with van der Waals surface area (Å²) in [5.41, 5.74) is 0. The Morgan fingerprint density at radius 3 is 2.65 bits per heavy atom. The first kappa shape index (κ1) is 12.5. The van der Waals surface area contributed by atoms with Crippen LogP contribution in [0.2, 0.25) is 0 Å². The van der Waals surface area contributed by atoms with Crippen molar-refractivity contribution in [3.05, 3.63) is 30.3 Å². The predicted octanol–water partition coefficient (Wildman–Crippen LogP) is 2.33. The zero-order valence-electron chi connectivity index (χ0n) is 9.71. The van der Waals surface area contributed by atoms with E-state index in [1.807, 2.05) is 18.2 Å². The molecule has 0 spiro atoms. The van der Waals surface area contributed by atoms with Crippen molar-refractivity contribution >= 4 is 17.7 Å². The highest BCUT2D eigenvalue weighted by Gasteiger charge is 2.29. The Hall–Kier alpha value is -1.00. The normalized spacial score (nSPS) is 15.1. The van der Waals surface area contributed by atoms with E-state index < -0.39 is 5.97 Å². The number of nitrogens with zero attached hydrogens (tertiary/aromatic N) is 1. The van der Waals surface area contributed by atoms with E-state index in [0.29, 0.717) is 6.04 Å². The van der Waals surface area contributed by atoms with Crippen LogP contribution in [0.1, 0.15) is 12.8 Å². The molecule has 3 nitrogen and oxygen atoms in total. The average molecular weight is 251 g/mol. The Morgan fingerprint density at radius 2 is 2.06 bits per heavy atom. The Labute approximate surface area is 106 Å². The molecule has 0 aromatic heterocycles. The van der Waals surface area contributed by atoms with Crippen molar-refractivity contribution < 1.29 is 9.90 Å². The molecular weight excluding hydrogens is 234 g/mol. The van der Waals surface area contributed by atoms with Gasteiger partial charge in [0, 0.05) is 23.2 Å². The zero-order valence-corrected chi connectivity index (χ0v) is 10.5. The van der Waals surface area contributed by atoms with E-state index in [1.54, 1.807) is 11.8 Å².